The van der Waals surface area contributed by atoms with E-state index in [4.69, 9.17) is 15.3 Å². The number of phenolic OH excluding ortho intramolecular Hbond substituents is 2. The summed E-state index contributed by atoms with van der Waals surface area (Å²) in [5, 5.41) is 46.4. The van der Waals surface area contributed by atoms with Crippen molar-refractivity contribution in [2.45, 2.75) is 12.4 Å². The van der Waals surface area contributed by atoms with Crippen LogP contribution in [0, 0.1) is 0 Å². The summed E-state index contributed by atoms with van der Waals surface area (Å²) in [5.41, 5.74) is 0.887. The van der Waals surface area contributed by atoms with Gasteiger partial charge in [-0.2, -0.15) is 0 Å². The van der Waals surface area contributed by atoms with Crippen LogP contribution >= 0.6 is 0 Å². The summed E-state index contributed by atoms with van der Waals surface area (Å²) in [6.45, 7) is 0. The smallest absolute Gasteiger partial charge is 0.308 e. The van der Waals surface area contributed by atoms with Crippen molar-refractivity contribution >= 4 is 0 Å². The molecular weight excluding hydrogens is 248 g/mol. The maximum atomic E-state index is 9.91. The maximum absolute atomic E-state index is 9.91. The van der Waals surface area contributed by atoms with Gasteiger partial charge in [-0.1, -0.05) is 24.3 Å². The summed E-state index contributed by atoms with van der Waals surface area (Å²) in [7, 11) is 0. The van der Waals surface area contributed by atoms with Crippen LogP contribution < -0.4 is 0 Å². The fourth-order valence-electron chi connectivity index (χ4n) is 1.84. The van der Waals surface area contributed by atoms with Crippen LogP contribution in [0.15, 0.2) is 42.5 Å². The number of rotatable bonds is 3. The van der Waals surface area contributed by atoms with E-state index in [-0.39, 0.29) is 17.1 Å². The van der Waals surface area contributed by atoms with Gasteiger partial charge in [0.1, 0.15) is 11.5 Å². The lowest BCUT2D eigenvalue weighted by atomic mass is 10.0. The first-order chi connectivity index (χ1) is 8.88. The molecule has 5 nitrogen and oxygen atoms in total. The number of aliphatic hydroxyl groups is 3. The highest BCUT2D eigenvalue weighted by Crippen LogP contribution is 2.30. The molecule has 0 radical (unpaired) electrons. The Labute approximate surface area is 109 Å². The zero-order valence-electron chi connectivity index (χ0n) is 9.98. The fourth-order valence-corrected chi connectivity index (χ4v) is 1.84. The molecule has 100 valence electrons. The zero-order chi connectivity index (χ0) is 14.0. The SMILES string of the molecule is Oc1ccc(Cc2cccc(C(O)(O)O)c2O)cc1. The molecule has 2 aromatic rings. The molecule has 0 amide bonds. The van der Waals surface area contributed by atoms with Crippen molar-refractivity contribution in [3.05, 3.63) is 59.2 Å². The van der Waals surface area contributed by atoms with Crippen molar-refractivity contribution in [1.29, 1.82) is 0 Å². The number of para-hydroxylation sites is 1. The van der Waals surface area contributed by atoms with Crippen LogP contribution in [0.3, 0.4) is 0 Å². The molecule has 19 heavy (non-hydrogen) atoms. The number of hydrogen-bond donors (Lipinski definition) is 5. The van der Waals surface area contributed by atoms with Gasteiger partial charge in [0.25, 0.3) is 0 Å². The molecule has 2 aromatic carbocycles. The van der Waals surface area contributed by atoms with E-state index in [1.54, 1.807) is 18.2 Å². The Kier molecular flexibility index (Phi) is 3.44. The van der Waals surface area contributed by atoms with Gasteiger partial charge < -0.3 is 25.5 Å². The van der Waals surface area contributed by atoms with E-state index < -0.39 is 5.97 Å². The first-order valence-electron chi connectivity index (χ1n) is 5.64. The largest absolute Gasteiger partial charge is 0.508 e. The van der Waals surface area contributed by atoms with Crippen molar-refractivity contribution in [2.75, 3.05) is 0 Å². The van der Waals surface area contributed by atoms with Crippen LogP contribution in [0.5, 0.6) is 11.5 Å². The molecule has 5 N–H and O–H groups in total. The summed E-state index contributed by atoms with van der Waals surface area (Å²) >= 11 is 0. The average molecular weight is 262 g/mol. The summed E-state index contributed by atoms with van der Waals surface area (Å²) in [5.74, 6) is -3.31. The second kappa shape index (κ2) is 4.89. The van der Waals surface area contributed by atoms with E-state index in [0.29, 0.717) is 12.0 Å². The number of benzene rings is 2. The summed E-state index contributed by atoms with van der Waals surface area (Å²) in [4.78, 5) is 0. The molecule has 0 aromatic heterocycles. The zero-order valence-corrected chi connectivity index (χ0v) is 9.98. The molecule has 0 heterocycles. The molecule has 5 heteroatoms. The Bertz CT molecular complexity index is 569. The Morgan fingerprint density at radius 1 is 0.842 bits per heavy atom. The van der Waals surface area contributed by atoms with Gasteiger partial charge in [0, 0.05) is 6.42 Å². The molecule has 0 spiro atoms. The van der Waals surface area contributed by atoms with Gasteiger partial charge in [-0.15, -0.1) is 0 Å². The van der Waals surface area contributed by atoms with Gasteiger partial charge in [-0.3, -0.25) is 0 Å². The van der Waals surface area contributed by atoms with E-state index >= 15 is 0 Å². The van der Waals surface area contributed by atoms with Gasteiger partial charge in [0.2, 0.25) is 0 Å². The normalized spacial score (nSPS) is 11.5. The van der Waals surface area contributed by atoms with Crippen molar-refractivity contribution < 1.29 is 25.5 Å². The van der Waals surface area contributed by atoms with Crippen molar-refractivity contribution in [3.8, 4) is 11.5 Å². The maximum Gasteiger partial charge on any atom is 0.308 e. The Hall–Kier alpha value is -2.08. The third-order valence-corrected chi connectivity index (χ3v) is 2.81. The van der Waals surface area contributed by atoms with E-state index in [1.165, 1.54) is 24.3 Å². The summed E-state index contributed by atoms with van der Waals surface area (Å²) in [6, 6.07) is 10.7. The lowest BCUT2D eigenvalue weighted by Crippen LogP contribution is -2.24. The number of hydrogen-bond acceptors (Lipinski definition) is 5. The molecule has 0 fully saturated rings. The highest BCUT2D eigenvalue weighted by molar-refractivity contribution is 5.44. The first-order valence-corrected chi connectivity index (χ1v) is 5.64. The molecule has 0 aliphatic rings. The Balaban J connectivity index is 2.33. The third-order valence-electron chi connectivity index (χ3n) is 2.81. The number of phenols is 2. The average Bonchev–Trinajstić information content (AvgIpc) is 2.33. The predicted molar refractivity (Wildman–Crippen MR) is 67.4 cm³/mol. The highest BCUT2D eigenvalue weighted by Gasteiger charge is 2.26. The summed E-state index contributed by atoms with van der Waals surface area (Å²) in [6.07, 6.45) is 0.329. The first kappa shape index (κ1) is 13.4. The van der Waals surface area contributed by atoms with Crippen LogP contribution in [-0.2, 0) is 12.4 Å². The minimum absolute atomic E-state index is 0.141. The van der Waals surface area contributed by atoms with Crippen LogP contribution in [0.25, 0.3) is 0 Å². The van der Waals surface area contributed by atoms with Gasteiger partial charge >= 0.3 is 5.97 Å². The molecule has 0 saturated carbocycles. The van der Waals surface area contributed by atoms with Gasteiger partial charge in [0.15, 0.2) is 0 Å². The molecule has 2 rings (SSSR count). The van der Waals surface area contributed by atoms with E-state index in [2.05, 4.69) is 0 Å². The lowest BCUT2D eigenvalue weighted by Gasteiger charge is -2.17. The quantitative estimate of drug-likeness (QED) is 0.526. The van der Waals surface area contributed by atoms with Crippen LogP contribution in [-0.4, -0.2) is 25.5 Å². The molecule has 0 aliphatic heterocycles. The molecule has 0 unspecified atom stereocenters. The molecule has 0 bridgehead atoms. The predicted octanol–water partition coefficient (Wildman–Crippen LogP) is 0.776. The summed E-state index contributed by atoms with van der Waals surface area (Å²) < 4.78 is 0. The molecular formula is C14H14O5. The van der Waals surface area contributed by atoms with Gasteiger partial charge in [0.05, 0.1) is 5.56 Å². The third kappa shape index (κ3) is 3.03. The lowest BCUT2D eigenvalue weighted by molar-refractivity contribution is -0.324. The van der Waals surface area contributed by atoms with Crippen LogP contribution in [0.2, 0.25) is 0 Å². The molecule has 0 atom stereocenters. The second-order valence-electron chi connectivity index (χ2n) is 4.29. The fraction of sp³-hybridized carbons (Fsp3) is 0.143. The molecule has 0 aliphatic carbocycles. The molecule has 0 saturated heterocycles. The van der Waals surface area contributed by atoms with Crippen molar-refractivity contribution in [3.63, 3.8) is 0 Å². The van der Waals surface area contributed by atoms with Crippen LogP contribution in [0.4, 0.5) is 0 Å². The minimum Gasteiger partial charge on any atom is -0.508 e. The highest BCUT2D eigenvalue weighted by atomic mass is 16.7. The van der Waals surface area contributed by atoms with Gasteiger partial charge in [-0.05, 0) is 29.3 Å². The monoisotopic (exact) mass is 262 g/mol. The van der Waals surface area contributed by atoms with E-state index in [0.717, 1.165) is 5.56 Å². The van der Waals surface area contributed by atoms with Gasteiger partial charge in [-0.25, -0.2) is 0 Å². The Morgan fingerprint density at radius 2 is 1.47 bits per heavy atom. The van der Waals surface area contributed by atoms with Crippen molar-refractivity contribution in [2.24, 2.45) is 0 Å². The van der Waals surface area contributed by atoms with E-state index in [9.17, 15) is 10.2 Å². The second-order valence-corrected chi connectivity index (χ2v) is 4.29. The minimum atomic E-state index is -3.07. The Morgan fingerprint density at radius 3 is 2.05 bits per heavy atom. The van der Waals surface area contributed by atoms with Crippen molar-refractivity contribution in [1.82, 2.24) is 0 Å². The number of aromatic hydroxyl groups is 2. The topological polar surface area (TPSA) is 101 Å². The van der Waals surface area contributed by atoms with E-state index in [1.807, 2.05) is 0 Å². The standard InChI is InChI=1S/C14H14O5/c15-11-6-4-9(5-7-11)8-10-2-1-3-12(13(10)16)14(17,18)19/h1-7,15-19H,8H2. The van der Waals surface area contributed by atoms with Crippen LogP contribution in [0.1, 0.15) is 16.7 Å².